The number of hydrogen-bond donors (Lipinski definition) is 2. The third-order valence-corrected chi connectivity index (χ3v) is 6.48. The summed E-state index contributed by atoms with van der Waals surface area (Å²) in [6.45, 7) is 3.41. The Bertz CT molecular complexity index is 1120. The van der Waals surface area contributed by atoms with Gasteiger partial charge < -0.3 is 25.0 Å². The number of halogens is 1. The Hall–Kier alpha value is -3.69. The van der Waals surface area contributed by atoms with Crippen molar-refractivity contribution in [2.45, 2.75) is 43.8 Å². The van der Waals surface area contributed by atoms with Crippen LogP contribution in [0.5, 0.6) is 5.75 Å². The average molecular weight is 470 g/mol. The number of hydrogen-bond acceptors (Lipinski definition) is 7. The summed E-state index contributed by atoms with van der Waals surface area (Å²) in [5.74, 6) is -0.796. The molecule has 180 valence electrons. The van der Waals surface area contributed by atoms with Gasteiger partial charge in [-0.15, -0.1) is 0 Å². The highest BCUT2D eigenvalue weighted by molar-refractivity contribution is 6.04. The number of benzene rings is 1. The standard InChI is InChI=1S/C24H28FN5O4/c1-4-24(25)14-30(16-8-6-5-7-9-16)20-18(29(2)22(24)33)13-26-23(28-20)27-17-11-10-15(21(31)32)12-19(17)34-3/h4,10-13,16H,1,5-9,14H2,2-3H3,(H,31,32)(H,26,27,28). The number of aromatic carboxylic acids is 1. The molecular formula is C24H28FN5O4. The van der Waals surface area contributed by atoms with Gasteiger partial charge in [0.2, 0.25) is 11.6 Å². The number of alkyl halides is 1. The summed E-state index contributed by atoms with van der Waals surface area (Å²) in [5, 5.41) is 12.3. The third-order valence-electron chi connectivity index (χ3n) is 6.48. The Morgan fingerprint density at radius 1 is 1.35 bits per heavy atom. The Morgan fingerprint density at radius 3 is 2.74 bits per heavy atom. The summed E-state index contributed by atoms with van der Waals surface area (Å²) < 4.78 is 21.1. The number of nitrogens with zero attached hydrogens (tertiary/aromatic N) is 4. The van der Waals surface area contributed by atoms with E-state index in [4.69, 9.17) is 4.74 Å². The molecule has 0 spiro atoms. The van der Waals surface area contributed by atoms with E-state index in [0.717, 1.165) is 38.2 Å². The van der Waals surface area contributed by atoms with Gasteiger partial charge in [0.15, 0.2) is 5.82 Å². The molecule has 34 heavy (non-hydrogen) atoms. The number of carboxylic acid groups (broad SMARTS) is 1. The SMILES string of the molecule is C=CC1(F)CN(C2CCCCC2)c2nc(Nc3ccc(C(=O)O)cc3OC)ncc2N(C)C1=O. The summed E-state index contributed by atoms with van der Waals surface area (Å²) in [6.07, 6.45) is 7.48. The van der Waals surface area contributed by atoms with Gasteiger partial charge >= 0.3 is 5.97 Å². The zero-order chi connectivity index (χ0) is 24.5. The smallest absolute Gasteiger partial charge is 0.335 e. The summed E-state index contributed by atoms with van der Waals surface area (Å²) in [5.41, 5.74) is -1.29. The number of aromatic nitrogens is 2. The molecule has 0 radical (unpaired) electrons. The van der Waals surface area contributed by atoms with Crippen LogP contribution in [-0.4, -0.2) is 59.4 Å². The first-order valence-electron chi connectivity index (χ1n) is 11.2. The van der Waals surface area contributed by atoms with Crippen LogP contribution in [0, 0.1) is 0 Å². The van der Waals surface area contributed by atoms with Gasteiger partial charge in [0.25, 0.3) is 5.91 Å². The second kappa shape index (κ2) is 9.28. The first-order valence-corrected chi connectivity index (χ1v) is 11.2. The van der Waals surface area contributed by atoms with Crippen molar-refractivity contribution < 1.29 is 23.8 Å². The lowest BCUT2D eigenvalue weighted by Crippen LogP contribution is -2.50. The number of anilines is 4. The van der Waals surface area contributed by atoms with Crippen molar-refractivity contribution >= 4 is 35.0 Å². The summed E-state index contributed by atoms with van der Waals surface area (Å²) >= 11 is 0. The molecule has 1 aromatic carbocycles. The van der Waals surface area contributed by atoms with Crippen molar-refractivity contribution in [3.05, 3.63) is 42.6 Å². The van der Waals surface area contributed by atoms with E-state index in [1.807, 2.05) is 4.90 Å². The predicted octanol–water partition coefficient (Wildman–Crippen LogP) is 3.94. The van der Waals surface area contributed by atoms with Gasteiger partial charge in [0.05, 0.1) is 31.1 Å². The van der Waals surface area contributed by atoms with E-state index in [1.165, 1.54) is 37.4 Å². The Labute approximate surface area is 197 Å². The molecular weight excluding hydrogens is 441 g/mol. The van der Waals surface area contributed by atoms with Gasteiger partial charge in [-0.1, -0.05) is 25.8 Å². The van der Waals surface area contributed by atoms with Gasteiger partial charge in [-0.2, -0.15) is 4.98 Å². The first-order chi connectivity index (χ1) is 16.3. The second-order valence-corrected chi connectivity index (χ2v) is 8.60. The van der Waals surface area contributed by atoms with Gasteiger partial charge in [-0.05, 0) is 37.1 Å². The first kappa shape index (κ1) is 23.5. The molecule has 2 heterocycles. The minimum Gasteiger partial charge on any atom is -0.495 e. The fourth-order valence-electron chi connectivity index (χ4n) is 4.55. The molecule has 1 aliphatic carbocycles. The molecule has 2 aliphatic rings. The minimum absolute atomic E-state index is 0.0361. The van der Waals surface area contributed by atoms with Gasteiger partial charge in [-0.3, -0.25) is 4.79 Å². The fourth-order valence-corrected chi connectivity index (χ4v) is 4.55. The molecule has 0 bridgehead atoms. The van der Waals surface area contributed by atoms with Crippen LogP contribution >= 0.6 is 0 Å². The topological polar surface area (TPSA) is 108 Å². The van der Waals surface area contributed by atoms with E-state index in [2.05, 4.69) is 21.9 Å². The van der Waals surface area contributed by atoms with Gasteiger partial charge in [-0.25, -0.2) is 14.2 Å². The summed E-state index contributed by atoms with van der Waals surface area (Å²) in [7, 11) is 2.94. The van der Waals surface area contributed by atoms with Crippen molar-refractivity contribution in [2.24, 2.45) is 0 Å². The number of fused-ring (bicyclic) bond motifs is 1. The number of amides is 1. The minimum atomic E-state index is -2.25. The average Bonchev–Trinajstić information content (AvgIpc) is 2.94. The number of carboxylic acids is 1. The maximum atomic E-state index is 15.7. The van der Waals surface area contributed by atoms with Crippen LogP contribution in [0.15, 0.2) is 37.1 Å². The van der Waals surface area contributed by atoms with Gasteiger partial charge in [0, 0.05) is 13.1 Å². The zero-order valence-corrected chi connectivity index (χ0v) is 19.3. The third kappa shape index (κ3) is 4.27. The highest BCUT2D eigenvalue weighted by Gasteiger charge is 2.46. The molecule has 0 saturated heterocycles. The van der Waals surface area contributed by atoms with E-state index in [0.29, 0.717) is 22.9 Å². The summed E-state index contributed by atoms with van der Waals surface area (Å²) in [4.78, 5) is 36.4. The number of nitrogens with one attached hydrogen (secondary N) is 1. The van der Waals surface area contributed by atoms with Crippen molar-refractivity contribution in [1.82, 2.24) is 9.97 Å². The van der Waals surface area contributed by atoms with Crippen molar-refractivity contribution in [2.75, 3.05) is 35.8 Å². The molecule has 10 heteroatoms. The summed E-state index contributed by atoms with van der Waals surface area (Å²) in [6, 6.07) is 4.44. The van der Waals surface area contributed by atoms with Crippen LogP contribution in [0.25, 0.3) is 0 Å². The van der Waals surface area contributed by atoms with Crippen LogP contribution in [0.2, 0.25) is 0 Å². The van der Waals surface area contributed by atoms with Crippen molar-refractivity contribution in [3.63, 3.8) is 0 Å². The second-order valence-electron chi connectivity index (χ2n) is 8.60. The van der Waals surface area contributed by atoms with Gasteiger partial charge in [0.1, 0.15) is 11.4 Å². The molecule has 2 aromatic rings. The Morgan fingerprint density at radius 2 is 2.09 bits per heavy atom. The monoisotopic (exact) mass is 469 g/mol. The van der Waals surface area contributed by atoms with E-state index >= 15 is 4.39 Å². The van der Waals surface area contributed by atoms with E-state index in [1.54, 1.807) is 6.07 Å². The Balaban J connectivity index is 1.76. The molecule has 1 atom stereocenters. The maximum Gasteiger partial charge on any atom is 0.335 e. The molecule has 1 unspecified atom stereocenters. The lowest BCUT2D eigenvalue weighted by Gasteiger charge is -2.36. The van der Waals surface area contributed by atoms with Crippen LogP contribution in [0.3, 0.4) is 0 Å². The van der Waals surface area contributed by atoms with E-state index < -0.39 is 17.5 Å². The number of carbonyl (C=O) groups is 2. The fraction of sp³-hybridized carbons (Fsp3) is 0.417. The largest absolute Gasteiger partial charge is 0.495 e. The van der Waals surface area contributed by atoms with E-state index in [-0.39, 0.29) is 24.1 Å². The maximum absolute atomic E-state index is 15.7. The van der Waals surface area contributed by atoms with Crippen molar-refractivity contribution in [1.29, 1.82) is 0 Å². The molecule has 4 rings (SSSR count). The van der Waals surface area contributed by atoms with Crippen LogP contribution in [0.1, 0.15) is 42.5 Å². The van der Waals surface area contributed by atoms with Crippen LogP contribution < -0.4 is 19.9 Å². The number of rotatable bonds is 6. The number of carbonyl (C=O) groups excluding carboxylic acids is 1. The molecule has 9 nitrogen and oxygen atoms in total. The van der Waals surface area contributed by atoms with Crippen molar-refractivity contribution in [3.8, 4) is 5.75 Å². The molecule has 1 aromatic heterocycles. The lowest BCUT2D eigenvalue weighted by molar-refractivity contribution is -0.126. The molecule has 2 N–H and O–H groups in total. The number of methoxy groups -OCH3 is 1. The predicted molar refractivity (Wildman–Crippen MR) is 127 cm³/mol. The molecule has 1 saturated carbocycles. The van der Waals surface area contributed by atoms with E-state index in [9.17, 15) is 14.7 Å². The highest BCUT2D eigenvalue weighted by Crippen LogP contribution is 2.39. The Kier molecular flexibility index (Phi) is 6.41. The normalized spacial score (nSPS) is 21.0. The van der Waals surface area contributed by atoms with Crippen LogP contribution in [0.4, 0.5) is 27.5 Å². The lowest BCUT2D eigenvalue weighted by atomic mass is 9.93. The van der Waals surface area contributed by atoms with Crippen LogP contribution in [-0.2, 0) is 4.79 Å². The number of ether oxygens (including phenoxy) is 1. The highest BCUT2D eigenvalue weighted by atomic mass is 19.1. The molecule has 1 fully saturated rings. The zero-order valence-electron chi connectivity index (χ0n) is 19.3. The molecule has 1 amide bonds. The quantitative estimate of drug-likeness (QED) is 0.613. The molecule has 1 aliphatic heterocycles.